The minimum absolute atomic E-state index is 0. The smallest absolute Gasteiger partial charge is 0.228 e. The summed E-state index contributed by atoms with van der Waals surface area (Å²) < 4.78 is 5.43. The monoisotopic (exact) mass is 391 g/mol. The normalized spacial score (nSPS) is 25.9. The van der Waals surface area contributed by atoms with Gasteiger partial charge in [0.2, 0.25) is 5.95 Å². The first kappa shape index (κ1) is 17.4. The van der Waals surface area contributed by atoms with Crippen LogP contribution in [0.1, 0.15) is 56.6 Å². The van der Waals surface area contributed by atoms with Gasteiger partial charge in [-0.15, -0.1) is 0 Å². The highest BCUT2D eigenvalue weighted by atomic mass is 16.5. The Morgan fingerprint density at radius 1 is 1.03 bits per heavy atom. The van der Waals surface area contributed by atoms with Gasteiger partial charge >= 0.3 is 0 Å². The average molecular weight is 392 g/mol. The number of rotatable bonds is 4. The Balaban J connectivity index is 0.00000193. The molecule has 4 aliphatic rings. The number of fused-ring (bicyclic) bond motifs is 3. The molecule has 0 radical (unpaired) electrons. The summed E-state index contributed by atoms with van der Waals surface area (Å²) in [5.41, 5.74) is 5.34. The molecule has 0 bridgehead atoms. The molecule has 3 heterocycles. The highest BCUT2D eigenvalue weighted by Crippen LogP contribution is 2.60. The molecule has 2 fully saturated rings. The molecule has 6 heteroatoms. The van der Waals surface area contributed by atoms with Crippen molar-refractivity contribution in [3.05, 3.63) is 47.4 Å². The second-order valence-electron chi connectivity index (χ2n) is 8.68. The molecule has 6 nitrogen and oxygen atoms in total. The molecule has 1 N–H and O–H groups in total. The number of morpholine rings is 1. The molecule has 0 amide bonds. The van der Waals surface area contributed by atoms with Gasteiger partial charge in [0.05, 0.1) is 30.8 Å². The summed E-state index contributed by atoms with van der Waals surface area (Å²) in [6, 6.07) is 4.12. The number of anilines is 3. The van der Waals surface area contributed by atoms with Crippen molar-refractivity contribution in [1.82, 2.24) is 15.0 Å². The van der Waals surface area contributed by atoms with E-state index < -0.39 is 0 Å². The maximum Gasteiger partial charge on any atom is 0.228 e. The number of hydrogen-bond donors (Lipinski definition) is 1. The Bertz CT molecular complexity index is 935. The average Bonchev–Trinajstić information content (AvgIpc) is 3.50. The fourth-order valence-electron chi connectivity index (χ4n) is 5.37. The van der Waals surface area contributed by atoms with Crippen LogP contribution >= 0.6 is 0 Å². The van der Waals surface area contributed by atoms with Gasteiger partial charge in [0.1, 0.15) is 5.82 Å². The summed E-state index contributed by atoms with van der Waals surface area (Å²) in [6.45, 7) is 3.40. The number of pyridine rings is 1. The van der Waals surface area contributed by atoms with Crippen molar-refractivity contribution in [1.29, 1.82) is 0 Å². The van der Waals surface area contributed by atoms with Crippen molar-refractivity contribution in [3.8, 4) is 0 Å². The van der Waals surface area contributed by atoms with Gasteiger partial charge < -0.3 is 15.0 Å². The van der Waals surface area contributed by atoms with Crippen molar-refractivity contribution < 1.29 is 6.16 Å². The Hall–Kier alpha value is -2.47. The van der Waals surface area contributed by atoms with Gasteiger partial charge in [-0.25, -0.2) is 15.0 Å². The summed E-state index contributed by atoms with van der Waals surface area (Å²) in [5.74, 6) is 3.26. The summed E-state index contributed by atoms with van der Waals surface area (Å²) in [4.78, 5) is 16.5. The van der Waals surface area contributed by atoms with E-state index in [-0.39, 0.29) is 1.43 Å². The molecule has 2 unspecified atom stereocenters. The van der Waals surface area contributed by atoms with Crippen LogP contribution in [0.15, 0.2) is 36.2 Å². The number of nitrogens with one attached hydrogen (secondary N) is 1. The van der Waals surface area contributed by atoms with Gasteiger partial charge in [0, 0.05) is 38.1 Å². The third-order valence-corrected chi connectivity index (χ3v) is 6.93. The van der Waals surface area contributed by atoms with Gasteiger partial charge in [0.15, 0.2) is 0 Å². The number of nitrogens with zero attached hydrogens (tertiary/aromatic N) is 4. The van der Waals surface area contributed by atoms with Crippen LogP contribution in [0.5, 0.6) is 0 Å². The molecule has 1 saturated carbocycles. The third kappa shape index (κ3) is 3.19. The summed E-state index contributed by atoms with van der Waals surface area (Å²) >= 11 is 0. The Morgan fingerprint density at radius 3 is 2.69 bits per heavy atom. The lowest BCUT2D eigenvalue weighted by Crippen LogP contribution is -2.36. The second kappa shape index (κ2) is 7.10. The standard InChI is InChI=1S/C23H27N5O.H2/c1-2-4-15(5-3-1)21-18-12-17(18)19-14-25-23(27-22(19)21)26-20-7-6-16(13-24-20)28-8-10-29-11-9-28;/h6-7,12-15,17,21H,1-5,8-11H2,(H,24,25,26,27);1H. The third-order valence-electron chi connectivity index (χ3n) is 6.93. The van der Waals surface area contributed by atoms with E-state index in [9.17, 15) is 0 Å². The predicted molar refractivity (Wildman–Crippen MR) is 115 cm³/mol. The minimum Gasteiger partial charge on any atom is -0.378 e. The van der Waals surface area contributed by atoms with E-state index in [0.717, 1.165) is 43.7 Å². The highest BCUT2D eigenvalue weighted by molar-refractivity contribution is 5.62. The topological polar surface area (TPSA) is 63.2 Å². The lowest BCUT2D eigenvalue weighted by molar-refractivity contribution is 0.122. The Labute approximate surface area is 172 Å². The second-order valence-corrected chi connectivity index (χ2v) is 8.68. The lowest BCUT2D eigenvalue weighted by atomic mass is 9.78. The number of aromatic nitrogens is 3. The molecule has 152 valence electrons. The summed E-state index contributed by atoms with van der Waals surface area (Å²) in [5, 5.41) is 3.32. The highest BCUT2D eigenvalue weighted by Gasteiger charge is 2.47. The van der Waals surface area contributed by atoms with Crippen LogP contribution in [0.3, 0.4) is 0 Å². The van der Waals surface area contributed by atoms with Crippen LogP contribution in [-0.4, -0.2) is 41.3 Å². The van der Waals surface area contributed by atoms with Crippen LogP contribution in [0.25, 0.3) is 0 Å². The van der Waals surface area contributed by atoms with Crippen molar-refractivity contribution >= 4 is 17.5 Å². The van der Waals surface area contributed by atoms with E-state index in [4.69, 9.17) is 9.72 Å². The van der Waals surface area contributed by atoms with Crippen molar-refractivity contribution in [3.63, 3.8) is 0 Å². The Kier molecular flexibility index (Phi) is 4.26. The quantitative estimate of drug-likeness (QED) is 0.780. The zero-order chi connectivity index (χ0) is 19.2. The zero-order valence-corrected chi connectivity index (χ0v) is 16.7. The molecule has 0 spiro atoms. The van der Waals surface area contributed by atoms with Crippen LogP contribution < -0.4 is 10.2 Å². The maximum atomic E-state index is 5.43. The van der Waals surface area contributed by atoms with Crippen LogP contribution in [0.4, 0.5) is 17.5 Å². The molecule has 6 rings (SSSR count). The lowest BCUT2D eigenvalue weighted by Gasteiger charge is -2.28. The van der Waals surface area contributed by atoms with E-state index >= 15 is 0 Å². The summed E-state index contributed by atoms with van der Waals surface area (Å²) in [6.07, 6.45) is 13.2. The molecular weight excluding hydrogens is 362 g/mol. The number of hydrogen-bond acceptors (Lipinski definition) is 6. The molecule has 3 aliphatic carbocycles. The Morgan fingerprint density at radius 2 is 1.90 bits per heavy atom. The molecule has 1 saturated heterocycles. The molecule has 1 aliphatic heterocycles. The van der Waals surface area contributed by atoms with E-state index in [0.29, 0.717) is 17.8 Å². The van der Waals surface area contributed by atoms with E-state index in [2.05, 4.69) is 32.3 Å². The van der Waals surface area contributed by atoms with Gasteiger partial charge in [-0.05, 0) is 30.9 Å². The first-order valence-electron chi connectivity index (χ1n) is 11.0. The number of ether oxygens (including phenoxy) is 1. The maximum absolute atomic E-state index is 5.43. The van der Waals surface area contributed by atoms with E-state index in [1.54, 1.807) is 5.57 Å². The van der Waals surface area contributed by atoms with Crippen LogP contribution in [0.2, 0.25) is 0 Å². The molecule has 2 aromatic rings. The van der Waals surface area contributed by atoms with Crippen molar-refractivity contribution in [2.75, 3.05) is 36.5 Å². The van der Waals surface area contributed by atoms with E-state index in [1.165, 1.54) is 43.4 Å². The SMILES string of the molecule is C1=C2C1c1cnc(Nc3ccc(N4CCOCC4)cn3)nc1C2C1CCCCC1.[HH]. The molecule has 2 aromatic heterocycles. The van der Waals surface area contributed by atoms with Gasteiger partial charge in [-0.3, -0.25) is 0 Å². The largest absolute Gasteiger partial charge is 0.378 e. The van der Waals surface area contributed by atoms with Crippen LogP contribution in [0, 0.1) is 5.92 Å². The van der Waals surface area contributed by atoms with Crippen molar-refractivity contribution in [2.24, 2.45) is 5.92 Å². The van der Waals surface area contributed by atoms with Crippen LogP contribution in [-0.2, 0) is 4.74 Å². The minimum atomic E-state index is 0. The molecule has 29 heavy (non-hydrogen) atoms. The van der Waals surface area contributed by atoms with Gasteiger partial charge in [0.25, 0.3) is 0 Å². The molecule has 0 aromatic carbocycles. The first-order chi connectivity index (χ1) is 14.4. The van der Waals surface area contributed by atoms with Crippen molar-refractivity contribution in [2.45, 2.75) is 43.9 Å². The fraction of sp³-hybridized carbons (Fsp3) is 0.522. The van der Waals surface area contributed by atoms with Gasteiger partial charge in [-0.1, -0.05) is 30.9 Å². The first-order valence-corrected chi connectivity index (χ1v) is 11.0. The molecular formula is C23H29N5O. The molecule has 2 atom stereocenters. The summed E-state index contributed by atoms with van der Waals surface area (Å²) in [7, 11) is 0. The fourth-order valence-corrected chi connectivity index (χ4v) is 5.37. The number of allylic oxidation sites excluding steroid dienone is 2. The van der Waals surface area contributed by atoms with E-state index in [1.807, 2.05) is 18.5 Å². The predicted octanol–water partition coefficient (Wildman–Crippen LogP) is 4.40. The van der Waals surface area contributed by atoms with Gasteiger partial charge in [-0.2, -0.15) is 0 Å². The zero-order valence-electron chi connectivity index (χ0n) is 16.7.